The van der Waals surface area contributed by atoms with Crippen molar-refractivity contribution in [2.45, 2.75) is 13.8 Å². The van der Waals surface area contributed by atoms with Crippen molar-refractivity contribution in [2.24, 2.45) is 0 Å². The Labute approximate surface area is 159 Å². The maximum atomic E-state index is 14.7. The fourth-order valence-corrected chi connectivity index (χ4v) is 2.51. The van der Waals surface area contributed by atoms with Gasteiger partial charge in [0.1, 0.15) is 11.6 Å². The van der Waals surface area contributed by atoms with Crippen LogP contribution >= 0.6 is 0 Å². The fraction of sp³-hybridized carbons (Fsp3) is 0.120. The Hall–Kier alpha value is -3.49. The Kier molecular flexibility index (Phi) is 5.60. The molecule has 27 heavy (non-hydrogen) atoms. The second-order valence-corrected chi connectivity index (χ2v) is 6.19. The molecule has 0 aromatic heterocycles. The molecular formula is C25H19FO. The van der Waals surface area contributed by atoms with Crippen molar-refractivity contribution in [1.29, 1.82) is 0 Å². The average molecular weight is 354 g/mol. The molecule has 0 aliphatic carbocycles. The van der Waals surface area contributed by atoms with Crippen LogP contribution in [0.4, 0.5) is 4.39 Å². The van der Waals surface area contributed by atoms with Crippen molar-refractivity contribution in [3.8, 4) is 29.4 Å². The van der Waals surface area contributed by atoms with Crippen molar-refractivity contribution < 1.29 is 9.13 Å². The first-order valence-corrected chi connectivity index (χ1v) is 8.60. The van der Waals surface area contributed by atoms with E-state index in [1.165, 1.54) is 5.56 Å². The zero-order valence-electron chi connectivity index (χ0n) is 15.6. The normalized spacial score (nSPS) is 9.63. The molecular weight excluding hydrogens is 335 g/mol. The molecule has 3 rings (SSSR count). The minimum atomic E-state index is -0.323. The van der Waals surface area contributed by atoms with Crippen LogP contribution in [0.1, 0.15) is 33.4 Å². The van der Waals surface area contributed by atoms with Gasteiger partial charge in [0.05, 0.1) is 12.7 Å². The van der Waals surface area contributed by atoms with Gasteiger partial charge in [-0.05, 0) is 62.4 Å². The summed E-state index contributed by atoms with van der Waals surface area (Å²) in [5.74, 6) is 12.5. The molecule has 0 radical (unpaired) electrons. The molecule has 0 unspecified atom stereocenters. The van der Waals surface area contributed by atoms with Crippen LogP contribution in [0.15, 0.2) is 60.7 Å². The topological polar surface area (TPSA) is 9.23 Å². The first-order valence-electron chi connectivity index (χ1n) is 8.60. The first-order chi connectivity index (χ1) is 13.1. The predicted molar refractivity (Wildman–Crippen MR) is 107 cm³/mol. The number of hydrogen-bond donors (Lipinski definition) is 0. The number of benzene rings is 3. The highest BCUT2D eigenvalue weighted by atomic mass is 19.1. The van der Waals surface area contributed by atoms with Crippen LogP contribution in [0.2, 0.25) is 0 Å². The van der Waals surface area contributed by atoms with Crippen LogP contribution in [-0.2, 0) is 0 Å². The Morgan fingerprint density at radius 1 is 0.667 bits per heavy atom. The van der Waals surface area contributed by atoms with E-state index < -0.39 is 0 Å². The van der Waals surface area contributed by atoms with Crippen LogP contribution in [0.3, 0.4) is 0 Å². The molecule has 0 amide bonds. The van der Waals surface area contributed by atoms with E-state index in [-0.39, 0.29) is 5.82 Å². The SMILES string of the molecule is COc1ccc(C#Cc2ccc(C#Cc3ccc(C)cc3)c(F)c2C)cc1. The zero-order valence-corrected chi connectivity index (χ0v) is 15.6. The van der Waals surface area contributed by atoms with E-state index in [1.807, 2.05) is 61.5 Å². The summed E-state index contributed by atoms with van der Waals surface area (Å²) in [7, 11) is 1.62. The van der Waals surface area contributed by atoms with Crippen molar-refractivity contribution >= 4 is 0 Å². The third kappa shape index (κ3) is 4.57. The van der Waals surface area contributed by atoms with E-state index in [4.69, 9.17) is 4.74 Å². The van der Waals surface area contributed by atoms with Gasteiger partial charge < -0.3 is 4.74 Å². The summed E-state index contributed by atoms with van der Waals surface area (Å²) in [5.41, 5.74) is 4.42. The molecule has 3 aromatic rings. The number of ether oxygens (including phenoxy) is 1. The Morgan fingerprint density at radius 2 is 1.19 bits per heavy atom. The molecule has 1 nitrogen and oxygen atoms in total. The molecule has 0 saturated carbocycles. The van der Waals surface area contributed by atoms with Crippen molar-refractivity contribution in [2.75, 3.05) is 7.11 Å². The van der Waals surface area contributed by atoms with E-state index in [0.717, 1.165) is 16.9 Å². The number of aryl methyl sites for hydroxylation is 1. The third-order valence-corrected chi connectivity index (χ3v) is 4.21. The van der Waals surface area contributed by atoms with Gasteiger partial charge in [0.2, 0.25) is 0 Å². The van der Waals surface area contributed by atoms with Gasteiger partial charge >= 0.3 is 0 Å². The monoisotopic (exact) mass is 354 g/mol. The van der Waals surface area contributed by atoms with Crippen LogP contribution in [0, 0.1) is 43.3 Å². The quantitative estimate of drug-likeness (QED) is 0.542. The van der Waals surface area contributed by atoms with E-state index in [2.05, 4.69) is 23.7 Å². The lowest BCUT2D eigenvalue weighted by Crippen LogP contribution is -1.93. The number of methoxy groups -OCH3 is 1. The van der Waals surface area contributed by atoms with Crippen molar-refractivity contribution in [3.05, 3.63) is 99.9 Å². The molecule has 0 N–H and O–H groups in total. The summed E-state index contributed by atoms with van der Waals surface area (Å²) in [6, 6.07) is 18.8. The fourth-order valence-electron chi connectivity index (χ4n) is 2.51. The van der Waals surface area contributed by atoms with E-state index in [1.54, 1.807) is 20.1 Å². The Balaban J connectivity index is 1.85. The summed E-state index contributed by atoms with van der Waals surface area (Å²) in [6.07, 6.45) is 0. The van der Waals surface area contributed by atoms with Crippen LogP contribution in [0.5, 0.6) is 5.75 Å². The first kappa shape index (κ1) is 18.3. The summed E-state index contributed by atoms with van der Waals surface area (Å²) in [6.45, 7) is 3.75. The second-order valence-electron chi connectivity index (χ2n) is 6.19. The summed E-state index contributed by atoms with van der Waals surface area (Å²) in [5, 5.41) is 0. The Bertz CT molecular complexity index is 1070. The van der Waals surface area contributed by atoms with Gasteiger partial charge in [-0.3, -0.25) is 0 Å². The molecule has 0 bridgehead atoms. The largest absolute Gasteiger partial charge is 0.497 e. The van der Waals surface area contributed by atoms with Gasteiger partial charge in [-0.25, -0.2) is 4.39 Å². The molecule has 0 spiro atoms. The highest BCUT2D eigenvalue weighted by Gasteiger charge is 2.07. The summed E-state index contributed by atoms with van der Waals surface area (Å²) in [4.78, 5) is 0. The van der Waals surface area contributed by atoms with Gasteiger partial charge in [-0.15, -0.1) is 0 Å². The molecule has 132 valence electrons. The Morgan fingerprint density at radius 3 is 1.78 bits per heavy atom. The lowest BCUT2D eigenvalue weighted by molar-refractivity contribution is 0.415. The smallest absolute Gasteiger partial charge is 0.142 e. The summed E-state index contributed by atoms with van der Waals surface area (Å²) < 4.78 is 19.8. The molecule has 0 fully saturated rings. The minimum absolute atomic E-state index is 0.323. The van der Waals surface area contributed by atoms with Gasteiger partial charge in [0.15, 0.2) is 0 Å². The van der Waals surface area contributed by atoms with Gasteiger partial charge in [-0.2, -0.15) is 0 Å². The van der Waals surface area contributed by atoms with E-state index >= 15 is 0 Å². The molecule has 2 heteroatoms. The van der Waals surface area contributed by atoms with Crippen molar-refractivity contribution in [1.82, 2.24) is 0 Å². The lowest BCUT2D eigenvalue weighted by atomic mass is 10.0. The highest BCUT2D eigenvalue weighted by Crippen LogP contribution is 2.17. The maximum absolute atomic E-state index is 14.7. The maximum Gasteiger partial charge on any atom is 0.142 e. The zero-order chi connectivity index (χ0) is 19.2. The van der Waals surface area contributed by atoms with Crippen LogP contribution < -0.4 is 4.74 Å². The molecule has 0 atom stereocenters. The molecule has 0 heterocycles. The second kappa shape index (κ2) is 8.26. The van der Waals surface area contributed by atoms with Crippen LogP contribution in [0.25, 0.3) is 0 Å². The molecule has 3 aromatic carbocycles. The molecule has 0 aliphatic heterocycles. The lowest BCUT2D eigenvalue weighted by Gasteiger charge is -2.02. The van der Waals surface area contributed by atoms with E-state index in [9.17, 15) is 4.39 Å². The van der Waals surface area contributed by atoms with Gasteiger partial charge in [-0.1, -0.05) is 41.4 Å². The average Bonchev–Trinajstić information content (AvgIpc) is 2.70. The van der Waals surface area contributed by atoms with Crippen LogP contribution in [-0.4, -0.2) is 7.11 Å². The number of hydrogen-bond acceptors (Lipinski definition) is 1. The minimum Gasteiger partial charge on any atom is -0.497 e. The number of halogens is 1. The third-order valence-electron chi connectivity index (χ3n) is 4.21. The molecule has 0 saturated heterocycles. The summed E-state index contributed by atoms with van der Waals surface area (Å²) >= 11 is 0. The van der Waals surface area contributed by atoms with Gasteiger partial charge in [0.25, 0.3) is 0 Å². The van der Waals surface area contributed by atoms with Gasteiger partial charge in [0, 0.05) is 22.3 Å². The molecule has 0 aliphatic rings. The standard InChI is InChI=1S/C25H19FO/c1-18-4-6-20(7-5-18)9-13-23-15-14-22(19(2)25(23)26)12-8-21-10-16-24(27-3)17-11-21/h4-7,10-11,14-17H,1-3H3. The van der Waals surface area contributed by atoms with Crippen molar-refractivity contribution in [3.63, 3.8) is 0 Å². The number of rotatable bonds is 1. The highest BCUT2D eigenvalue weighted by molar-refractivity contribution is 5.52. The van der Waals surface area contributed by atoms with E-state index in [0.29, 0.717) is 16.7 Å². The predicted octanol–water partition coefficient (Wildman–Crippen LogP) is 5.25.